The largest absolute Gasteiger partial charge is 0.307 e. The Bertz CT molecular complexity index is 4250. The Hall–Kier alpha value is -9.19. The summed E-state index contributed by atoms with van der Waals surface area (Å²) in [5.74, 6) is 1.75. The van der Waals surface area contributed by atoms with Crippen molar-refractivity contribution >= 4 is 43.6 Å². The van der Waals surface area contributed by atoms with E-state index in [0.717, 1.165) is 82.9 Å². The molecular weight excluding hydrogens is 923 g/mol. The van der Waals surface area contributed by atoms with Crippen molar-refractivity contribution in [2.24, 2.45) is 0 Å². The summed E-state index contributed by atoms with van der Waals surface area (Å²) in [4.78, 5) is 16.2. The van der Waals surface area contributed by atoms with E-state index < -0.39 is 0 Å². The molecular formula is C71H55N5. The first-order chi connectivity index (χ1) is 37.2. The van der Waals surface area contributed by atoms with Crippen LogP contribution in [0, 0.1) is 0 Å². The summed E-state index contributed by atoms with van der Waals surface area (Å²) in [5.41, 5.74) is 19.9. The Balaban J connectivity index is 0.956. The van der Waals surface area contributed by atoms with E-state index in [1.165, 1.54) is 46.0 Å². The molecule has 13 aromatic rings. The zero-order chi connectivity index (χ0) is 51.1. The molecule has 76 heavy (non-hydrogen) atoms. The number of fused-ring (bicyclic) bond motifs is 8. The molecule has 0 atom stereocenters. The third-order valence-corrected chi connectivity index (χ3v) is 16.3. The molecule has 0 saturated carbocycles. The molecule has 0 saturated heterocycles. The maximum Gasteiger partial charge on any atom is 0.238 e. The van der Waals surface area contributed by atoms with Crippen LogP contribution in [0.1, 0.15) is 51.7 Å². The van der Waals surface area contributed by atoms with Gasteiger partial charge in [0.15, 0.2) is 11.6 Å². The minimum absolute atomic E-state index is 0.103. The van der Waals surface area contributed by atoms with E-state index >= 15 is 0 Å². The zero-order valence-corrected chi connectivity index (χ0v) is 43.2. The molecule has 0 bridgehead atoms. The van der Waals surface area contributed by atoms with Crippen molar-refractivity contribution in [1.29, 1.82) is 0 Å². The van der Waals surface area contributed by atoms with E-state index in [2.05, 4.69) is 261 Å². The highest BCUT2D eigenvalue weighted by molar-refractivity contribution is 6.23. The van der Waals surface area contributed by atoms with Crippen LogP contribution in [-0.2, 0) is 10.8 Å². The van der Waals surface area contributed by atoms with Gasteiger partial charge in [-0.15, -0.1) is 0 Å². The molecule has 3 heterocycles. The number of hydrogen-bond acceptors (Lipinski definition) is 3. The van der Waals surface area contributed by atoms with Crippen LogP contribution in [0.3, 0.4) is 0 Å². The van der Waals surface area contributed by atoms with Gasteiger partial charge in [0.25, 0.3) is 0 Å². The smallest absolute Gasteiger partial charge is 0.238 e. The average Bonchev–Trinajstić information content (AvgIpc) is 4.01. The van der Waals surface area contributed by atoms with Gasteiger partial charge in [0.1, 0.15) is 0 Å². The quantitative estimate of drug-likeness (QED) is 0.152. The van der Waals surface area contributed by atoms with E-state index in [1.807, 2.05) is 12.1 Å². The zero-order valence-electron chi connectivity index (χ0n) is 43.2. The number of nitrogens with zero attached hydrogens (tertiary/aromatic N) is 5. The fourth-order valence-corrected chi connectivity index (χ4v) is 12.2. The lowest BCUT2D eigenvalue weighted by Crippen LogP contribution is -2.34. The number of hydrogen-bond donors (Lipinski definition) is 0. The second-order valence-corrected chi connectivity index (χ2v) is 21.9. The molecule has 0 aliphatic heterocycles. The van der Waals surface area contributed by atoms with Gasteiger partial charge in [0, 0.05) is 38.4 Å². The second kappa shape index (κ2) is 17.7. The van der Waals surface area contributed by atoms with Crippen LogP contribution in [-0.4, -0.2) is 24.1 Å². The molecule has 364 valence electrons. The standard InChI is InChI=1S/C71H55N5/c1-70(2)43-44-71(3,4)64-56(25-16-26-61(64)70)51-35-29-50(30-36-51)54-21-15-22-55(45-54)75-62-27-13-11-23-57(62)59-41-42-60-58-24-12-14-28-63(58)76(66(60)65(59)75)69-73-67(52-37-31-48(32-38-52)46-17-7-5-8-18-46)72-68(74-69)53-39-33-49(34-40-53)47-19-9-6-10-20-47/h5-42,45H,43-44H2,1-4H3. The topological polar surface area (TPSA) is 48.5 Å². The van der Waals surface area contributed by atoms with Gasteiger partial charge in [-0.2, -0.15) is 9.97 Å². The summed E-state index contributed by atoms with van der Waals surface area (Å²) in [6.45, 7) is 9.65. The Morgan fingerprint density at radius 1 is 0.329 bits per heavy atom. The molecule has 5 nitrogen and oxygen atoms in total. The lowest BCUT2D eigenvalue weighted by atomic mass is 9.61. The Morgan fingerprint density at radius 2 is 0.763 bits per heavy atom. The molecule has 0 amide bonds. The molecule has 0 radical (unpaired) electrons. The number of aromatic nitrogens is 5. The fourth-order valence-electron chi connectivity index (χ4n) is 12.2. The Labute approximate surface area is 443 Å². The van der Waals surface area contributed by atoms with Crippen molar-refractivity contribution in [3.05, 3.63) is 248 Å². The Morgan fingerprint density at radius 3 is 1.34 bits per heavy atom. The average molecular weight is 978 g/mol. The molecule has 1 aliphatic rings. The maximum absolute atomic E-state index is 5.46. The van der Waals surface area contributed by atoms with Crippen molar-refractivity contribution < 1.29 is 0 Å². The van der Waals surface area contributed by atoms with Crippen LogP contribution in [0.25, 0.3) is 123 Å². The van der Waals surface area contributed by atoms with Crippen LogP contribution in [0.15, 0.2) is 237 Å². The summed E-state index contributed by atoms with van der Waals surface area (Å²) in [6.07, 6.45) is 2.37. The summed E-state index contributed by atoms with van der Waals surface area (Å²) in [7, 11) is 0. The van der Waals surface area contributed by atoms with Gasteiger partial charge in [-0.05, 0) is 104 Å². The first-order valence-corrected chi connectivity index (χ1v) is 26.6. The van der Waals surface area contributed by atoms with E-state index in [1.54, 1.807) is 0 Å². The van der Waals surface area contributed by atoms with Crippen molar-refractivity contribution in [1.82, 2.24) is 24.1 Å². The predicted octanol–water partition coefficient (Wildman–Crippen LogP) is 18.4. The third kappa shape index (κ3) is 7.56. The van der Waals surface area contributed by atoms with E-state index in [-0.39, 0.29) is 10.8 Å². The van der Waals surface area contributed by atoms with Gasteiger partial charge in [-0.1, -0.05) is 240 Å². The molecule has 0 spiro atoms. The SMILES string of the molecule is CC1(C)CCC(C)(C)c2c(-c3ccc(-c4cccc(-n5c6ccccc6c6ccc7c8ccccc8n(-c8nc(-c9ccc(-c%10ccccc%10)cc9)nc(-c9ccc(-c%10ccccc%10)cc9)n8)c7c65)c4)cc3)cccc21. The minimum atomic E-state index is 0.103. The molecule has 5 heteroatoms. The molecule has 0 fully saturated rings. The molecule has 0 N–H and O–H groups in total. The van der Waals surface area contributed by atoms with Gasteiger partial charge >= 0.3 is 0 Å². The normalized spacial score (nSPS) is 13.9. The minimum Gasteiger partial charge on any atom is -0.307 e. The first kappa shape index (κ1) is 45.4. The lowest BCUT2D eigenvalue weighted by molar-refractivity contribution is 0.333. The van der Waals surface area contributed by atoms with E-state index in [0.29, 0.717) is 17.6 Å². The van der Waals surface area contributed by atoms with Crippen LogP contribution in [0.2, 0.25) is 0 Å². The molecule has 3 aromatic heterocycles. The van der Waals surface area contributed by atoms with Gasteiger partial charge < -0.3 is 4.57 Å². The highest BCUT2D eigenvalue weighted by Crippen LogP contribution is 2.50. The van der Waals surface area contributed by atoms with Crippen LogP contribution < -0.4 is 0 Å². The first-order valence-electron chi connectivity index (χ1n) is 26.6. The summed E-state index contributed by atoms with van der Waals surface area (Å²) < 4.78 is 4.73. The van der Waals surface area contributed by atoms with Gasteiger partial charge in [0.05, 0.1) is 22.1 Å². The van der Waals surface area contributed by atoms with Crippen LogP contribution in [0.5, 0.6) is 0 Å². The third-order valence-electron chi connectivity index (χ3n) is 16.3. The van der Waals surface area contributed by atoms with Gasteiger partial charge in [0.2, 0.25) is 5.95 Å². The van der Waals surface area contributed by atoms with E-state index in [9.17, 15) is 0 Å². The van der Waals surface area contributed by atoms with Gasteiger partial charge in [-0.3, -0.25) is 4.57 Å². The van der Waals surface area contributed by atoms with Crippen LogP contribution in [0.4, 0.5) is 0 Å². The van der Waals surface area contributed by atoms with Crippen molar-refractivity contribution in [2.45, 2.75) is 51.4 Å². The maximum atomic E-state index is 5.46. The summed E-state index contributed by atoms with van der Waals surface area (Å²) in [5, 5.41) is 4.58. The summed E-state index contributed by atoms with van der Waals surface area (Å²) in [6, 6.07) is 85.3. The second-order valence-electron chi connectivity index (χ2n) is 21.9. The molecule has 10 aromatic carbocycles. The molecule has 14 rings (SSSR count). The lowest BCUT2D eigenvalue weighted by Gasteiger charge is -2.43. The van der Waals surface area contributed by atoms with Crippen molar-refractivity contribution in [3.8, 4) is 78.9 Å². The summed E-state index contributed by atoms with van der Waals surface area (Å²) >= 11 is 0. The number of rotatable bonds is 8. The highest BCUT2D eigenvalue weighted by Gasteiger charge is 2.38. The fraction of sp³-hybridized carbons (Fsp3) is 0.113. The van der Waals surface area contributed by atoms with Crippen LogP contribution >= 0.6 is 0 Å². The van der Waals surface area contributed by atoms with Crippen molar-refractivity contribution in [2.75, 3.05) is 0 Å². The predicted molar refractivity (Wildman–Crippen MR) is 316 cm³/mol. The van der Waals surface area contributed by atoms with E-state index in [4.69, 9.17) is 15.0 Å². The monoisotopic (exact) mass is 977 g/mol. The highest BCUT2D eigenvalue weighted by atomic mass is 15.2. The van der Waals surface area contributed by atoms with Gasteiger partial charge in [-0.25, -0.2) is 4.98 Å². The number of benzene rings is 10. The molecule has 1 aliphatic carbocycles. The Kier molecular flexibility index (Phi) is 10.6. The van der Waals surface area contributed by atoms with Crippen molar-refractivity contribution in [3.63, 3.8) is 0 Å². The molecule has 0 unspecified atom stereocenters. The number of para-hydroxylation sites is 2.